The Bertz CT molecular complexity index is 758. The summed E-state index contributed by atoms with van der Waals surface area (Å²) in [6, 6.07) is 16.5. The van der Waals surface area contributed by atoms with Crippen molar-refractivity contribution in [2.75, 3.05) is 25.1 Å². The van der Waals surface area contributed by atoms with Gasteiger partial charge >= 0.3 is 0 Å². The minimum absolute atomic E-state index is 0.164. The second kappa shape index (κ2) is 9.73. The maximum Gasteiger partial charge on any atom is 0.253 e. The summed E-state index contributed by atoms with van der Waals surface area (Å²) in [4.78, 5) is 24.4. The number of amides is 2. The summed E-state index contributed by atoms with van der Waals surface area (Å²) in [5.74, 6) is 0.476. The zero-order valence-electron chi connectivity index (χ0n) is 15.1. The number of rotatable bonds is 8. The Morgan fingerprint density at radius 1 is 1.11 bits per heavy atom. The van der Waals surface area contributed by atoms with Crippen LogP contribution in [0.3, 0.4) is 0 Å². The van der Waals surface area contributed by atoms with Gasteiger partial charge in [0.1, 0.15) is 11.9 Å². The second-order valence-corrected chi connectivity index (χ2v) is 6.34. The number of hydrogen-bond acceptors (Lipinski definition) is 4. The van der Waals surface area contributed by atoms with Crippen molar-refractivity contribution >= 4 is 17.5 Å². The van der Waals surface area contributed by atoms with Crippen molar-refractivity contribution in [3.8, 4) is 5.75 Å². The zero-order chi connectivity index (χ0) is 18.9. The summed E-state index contributed by atoms with van der Waals surface area (Å²) in [6.07, 6.45) is 1.94. The quantitative estimate of drug-likeness (QED) is 0.702. The minimum atomic E-state index is -0.396. The van der Waals surface area contributed by atoms with Crippen molar-refractivity contribution in [3.63, 3.8) is 0 Å². The normalized spacial score (nSPS) is 15.9. The van der Waals surface area contributed by atoms with Crippen LogP contribution in [-0.2, 0) is 9.53 Å². The Balaban J connectivity index is 1.42. The zero-order valence-corrected chi connectivity index (χ0v) is 15.1. The van der Waals surface area contributed by atoms with Crippen LogP contribution in [0.25, 0.3) is 0 Å². The van der Waals surface area contributed by atoms with Crippen molar-refractivity contribution in [3.05, 3.63) is 60.2 Å². The maximum atomic E-state index is 12.3. The summed E-state index contributed by atoms with van der Waals surface area (Å²) in [5.41, 5.74) is 1.10. The molecule has 2 aromatic rings. The van der Waals surface area contributed by atoms with E-state index in [0.29, 0.717) is 37.4 Å². The van der Waals surface area contributed by atoms with Gasteiger partial charge in [-0.25, -0.2) is 0 Å². The van der Waals surface area contributed by atoms with Crippen LogP contribution >= 0.6 is 0 Å². The van der Waals surface area contributed by atoms with Crippen molar-refractivity contribution < 1.29 is 19.1 Å². The summed E-state index contributed by atoms with van der Waals surface area (Å²) in [5, 5.41) is 5.67. The molecular formula is C21H24N2O4. The van der Waals surface area contributed by atoms with E-state index in [-0.39, 0.29) is 11.8 Å². The van der Waals surface area contributed by atoms with E-state index in [9.17, 15) is 9.59 Å². The third-order valence-electron chi connectivity index (χ3n) is 4.23. The first kappa shape index (κ1) is 18.9. The van der Waals surface area contributed by atoms with Crippen LogP contribution in [0.4, 0.5) is 5.69 Å². The van der Waals surface area contributed by atoms with Gasteiger partial charge in [-0.1, -0.05) is 24.3 Å². The average molecular weight is 368 g/mol. The van der Waals surface area contributed by atoms with Gasteiger partial charge in [0.25, 0.3) is 11.8 Å². The molecule has 0 bridgehead atoms. The van der Waals surface area contributed by atoms with Gasteiger partial charge in [0.05, 0.1) is 6.61 Å². The number of nitrogens with one attached hydrogen (secondary N) is 2. The minimum Gasteiger partial charge on any atom is -0.494 e. The maximum absolute atomic E-state index is 12.3. The van der Waals surface area contributed by atoms with Crippen LogP contribution in [0, 0.1) is 0 Å². The monoisotopic (exact) mass is 368 g/mol. The first-order valence-corrected chi connectivity index (χ1v) is 9.21. The van der Waals surface area contributed by atoms with Crippen LogP contribution in [-0.4, -0.2) is 37.7 Å². The molecule has 1 saturated heterocycles. The summed E-state index contributed by atoms with van der Waals surface area (Å²) < 4.78 is 11.0. The van der Waals surface area contributed by atoms with Crippen LogP contribution in [0.5, 0.6) is 5.75 Å². The van der Waals surface area contributed by atoms with E-state index in [4.69, 9.17) is 9.47 Å². The Hall–Kier alpha value is -2.86. The van der Waals surface area contributed by atoms with Gasteiger partial charge in [-0.15, -0.1) is 0 Å². The third kappa shape index (κ3) is 5.82. The molecule has 2 amide bonds. The van der Waals surface area contributed by atoms with Crippen molar-refractivity contribution in [2.24, 2.45) is 0 Å². The molecule has 6 nitrogen and oxygen atoms in total. The molecule has 0 saturated carbocycles. The lowest BCUT2D eigenvalue weighted by Gasteiger charge is -2.11. The number of benzene rings is 2. The smallest absolute Gasteiger partial charge is 0.253 e. The molecule has 1 atom stereocenters. The molecule has 1 unspecified atom stereocenters. The molecule has 1 heterocycles. The Kier molecular flexibility index (Phi) is 6.82. The molecule has 1 fully saturated rings. The van der Waals surface area contributed by atoms with Gasteiger partial charge in [-0.05, 0) is 49.6 Å². The summed E-state index contributed by atoms with van der Waals surface area (Å²) in [7, 11) is 0. The van der Waals surface area contributed by atoms with Gasteiger partial charge in [0.2, 0.25) is 0 Å². The highest BCUT2D eigenvalue weighted by molar-refractivity contribution is 5.98. The fourth-order valence-electron chi connectivity index (χ4n) is 2.83. The fraction of sp³-hybridized carbons (Fsp3) is 0.333. The highest BCUT2D eigenvalue weighted by Gasteiger charge is 2.23. The van der Waals surface area contributed by atoms with Crippen LogP contribution in [0.15, 0.2) is 54.6 Å². The standard InChI is InChI=1S/C21H24N2O4/c24-20(22-12-6-14-26-18-9-2-1-3-10-18)16-7-4-8-17(15-16)23-21(25)19-11-5-13-27-19/h1-4,7-10,15,19H,5-6,11-14H2,(H,22,24)(H,23,25). The van der Waals surface area contributed by atoms with Crippen LogP contribution in [0.2, 0.25) is 0 Å². The highest BCUT2D eigenvalue weighted by atomic mass is 16.5. The van der Waals surface area contributed by atoms with E-state index in [1.807, 2.05) is 30.3 Å². The number of para-hydroxylation sites is 1. The second-order valence-electron chi connectivity index (χ2n) is 6.34. The molecule has 0 aromatic heterocycles. The van der Waals surface area contributed by atoms with E-state index >= 15 is 0 Å². The average Bonchev–Trinajstić information content (AvgIpc) is 3.24. The Labute approximate surface area is 158 Å². The first-order valence-electron chi connectivity index (χ1n) is 9.21. The largest absolute Gasteiger partial charge is 0.494 e. The molecule has 142 valence electrons. The predicted molar refractivity (Wildman–Crippen MR) is 103 cm³/mol. The number of hydrogen-bond donors (Lipinski definition) is 2. The fourth-order valence-corrected chi connectivity index (χ4v) is 2.83. The van der Waals surface area contributed by atoms with Crippen LogP contribution in [0.1, 0.15) is 29.6 Å². The van der Waals surface area contributed by atoms with Gasteiger partial charge in [-0.3, -0.25) is 9.59 Å². The van der Waals surface area contributed by atoms with Crippen molar-refractivity contribution in [1.82, 2.24) is 5.32 Å². The molecule has 1 aliphatic heterocycles. The number of ether oxygens (including phenoxy) is 2. The molecule has 2 aromatic carbocycles. The van der Waals surface area contributed by atoms with Crippen LogP contribution < -0.4 is 15.4 Å². The molecule has 1 aliphatic rings. The number of carbonyl (C=O) groups is 2. The molecular weight excluding hydrogens is 344 g/mol. The molecule has 0 radical (unpaired) electrons. The number of anilines is 1. The molecule has 6 heteroatoms. The molecule has 2 N–H and O–H groups in total. The number of carbonyl (C=O) groups excluding carboxylic acids is 2. The lowest BCUT2D eigenvalue weighted by molar-refractivity contribution is -0.124. The molecule has 27 heavy (non-hydrogen) atoms. The lowest BCUT2D eigenvalue weighted by atomic mass is 10.1. The summed E-state index contributed by atoms with van der Waals surface area (Å²) >= 11 is 0. The van der Waals surface area contributed by atoms with E-state index in [1.165, 1.54) is 0 Å². The van der Waals surface area contributed by atoms with Gasteiger partial charge < -0.3 is 20.1 Å². The first-order chi connectivity index (χ1) is 13.2. The predicted octanol–water partition coefficient (Wildman–Crippen LogP) is 3.00. The lowest BCUT2D eigenvalue weighted by Crippen LogP contribution is -2.27. The van der Waals surface area contributed by atoms with Gasteiger partial charge in [0.15, 0.2) is 0 Å². The molecule has 3 rings (SSSR count). The highest BCUT2D eigenvalue weighted by Crippen LogP contribution is 2.16. The third-order valence-corrected chi connectivity index (χ3v) is 4.23. The van der Waals surface area contributed by atoms with E-state index in [0.717, 1.165) is 18.6 Å². The van der Waals surface area contributed by atoms with E-state index in [2.05, 4.69) is 10.6 Å². The Morgan fingerprint density at radius 3 is 2.74 bits per heavy atom. The van der Waals surface area contributed by atoms with Gasteiger partial charge in [0, 0.05) is 24.4 Å². The topological polar surface area (TPSA) is 76.7 Å². The van der Waals surface area contributed by atoms with E-state index < -0.39 is 6.10 Å². The molecule has 0 spiro atoms. The van der Waals surface area contributed by atoms with Crippen molar-refractivity contribution in [2.45, 2.75) is 25.4 Å². The van der Waals surface area contributed by atoms with Gasteiger partial charge in [-0.2, -0.15) is 0 Å². The molecule has 0 aliphatic carbocycles. The summed E-state index contributed by atoms with van der Waals surface area (Å²) in [6.45, 7) is 1.66. The Morgan fingerprint density at radius 2 is 1.96 bits per heavy atom. The van der Waals surface area contributed by atoms with E-state index in [1.54, 1.807) is 24.3 Å². The van der Waals surface area contributed by atoms with Crippen molar-refractivity contribution in [1.29, 1.82) is 0 Å². The SMILES string of the molecule is O=C(NCCCOc1ccccc1)c1cccc(NC(=O)C2CCCO2)c1.